The second-order valence-corrected chi connectivity index (χ2v) is 4.58. The summed E-state index contributed by atoms with van der Waals surface area (Å²) in [5, 5.41) is 8.74. The topological polar surface area (TPSA) is 57.6 Å². The Kier molecular flexibility index (Phi) is 5.56. The van der Waals surface area contributed by atoms with Crippen molar-refractivity contribution in [1.29, 1.82) is 0 Å². The molecule has 0 spiro atoms. The Morgan fingerprint density at radius 1 is 1.47 bits per heavy atom. The van der Waals surface area contributed by atoms with E-state index in [1.165, 1.54) is 4.90 Å². The lowest BCUT2D eigenvalue weighted by Gasteiger charge is -2.18. The summed E-state index contributed by atoms with van der Waals surface area (Å²) in [5.74, 6) is -0.0797. The fourth-order valence-electron chi connectivity index (χ4n) is 1.35. The van der Waals surface area contributed by atoms with Gasteiger partial charge in [-0.2, -0.15) is 0 Å². The Hall–Kier alpha value is -1.49. The largest absolute Gasteiger partial charge is 0.480 e. The number of benzene rings is 1. The second-order valence-electron chi connectivity index (χ2n) is 3.44. The maximum absolute atomic E-state index is 10.9. The Morgan fingerprint density at radius 3 is 2.76 bits per heavy atom. The minimum Gasteiger partial charge on any atom is -0.480 e. The summed E-state index contributed by atoms with van der Waals surface area (Å²) in [6.07, 6.45) is 1.58. The maximum Gasteiger partial charge on any atom is 0.323 e. The van der Waals surface area contributed by atoms with E-state index in [4.69, 9.17) is 5.11 Å². The van der Waals surface area contributed by atoms with Crippen LogP contribution in [0.15, 0.2) is 29.2 Å². The van der Waals surface area contributed by atoms with Gasteiger partial charge in [-0.3, -0.25) is 9.59 Å². The SMILES string of the molecule is CCCSc1ccccc1N(C=O)CC(=O)O. The van der Waals surface area contributed by atoms with Crippen molar-refractivity contribution in [1.82, 2.24) is 0 Å². The highest BCUT2D eigenvalue weighted by Gasteiger charge is 2.13. The molecule has 1 N–H and O–H groups in total. The average molecular weight is 253 g/mol. The number of nitrogens with zero attached hydrogens (tertiary/aromatic N) is 1. The van der Waals surface area contributed by atoms with E-state index in [0.29, 0.717) is 12.1 Å². The minimum atomic E-state index is -1.02. The van der Waals surface area contributed by atoms with E-state index in [-0.39, 0.29) is 6.54 Å². The fourth-order valence-corrected chi connectivity index (χ4v) is 2.29. The standard InChI is InChI=1S/C12H15NO3S/c1-2-7-17-11-6-4-3-5-10(11)13(9-14)8-12(15)16/h3-6,9H,2,7-8H2,1H3,(H,15,16). The van der Waals surface area contributed by atoms with Crippen molar-refractivity contribution in [3.05, 3.63) is 24.3 Å². The smallest absolute Gasteiger partial charge is 0.323 e. The predicted octanol–water partition coefficient (Wildman–Crippen LogP) is 2.24. The zero-order valence-corrected chi connectivity index (χ0v) is 10.4. The Morgan fingerprint density at radius 2 is 2.18 bits per heavy atom. The first-order valence-electron chi connectivity index (χ1n) is 5.34. The molecule has 1 amide bonds. The van der Waals surface area contributed by atoms with Crippen LogP contribution >= 0.6 is 11.8 Å². The third-order valence-corrected chi connectivity index (χ3v) is 3.34. The molecule has 17 heavy (non-hydrogen) atoms. The molecule has 0 saturated carbocycles. The minimum absolute atomic E-state index is 0.312. The molecule has 5 heteroatoms. The number of rotatable bonds is 7. The van der Waals surface area contributed by atoms with Gasteiger partial charge in [0.05, 0.1) is 5.69 Å². The average Bonchev–Trinajstić information content (AvgIpc) is 2.33. The van der Waals surface area contributed by atoms with E-state index >= 15 is 0 Å². The highest BCUT2D eigenvalue weighted by molar-refractivity contribution is 7.99. The molecule has 1 aromatic rings. The normalized spacial score (nSPS) is 9.94. The molecule has 1 rings (SSSR count). The third-order valence-electron chi connectivity index (χ3n) is 2.07. The van der Waals surface area contributed by atoms with Gasteiger partial charge in [-0.1, -0.05) is 19.1 Å². The van der Waals surface area contributed by atoms with Crippen LogP contribution in [-0.2, 0) is 9.59 Å². The number of anilines is 1. The van der Waals surface area contributed by atoms with Gasteiger partial charge < -0.3 is 10.0 Å². The number of hydrogen-bond donors (Lipinski definition) is 1. The summed E-state index contributed by atoms with van der Waals surface area (Å²) < 4.78 is 0. The lowest BCUT2D eigenvalue weighted by molar-refractivity contribution is -0.136. The van der Waals surface area contributed by atoms with Crippen LogP contribution in [0.2, 0.25) is 0 Å². The molecule has 4 nitrogen and oxygen atoms in total. The van der Waals surface area contributed by atoms with Crippen molar-refractivity contribution in [3.63, 3.8) is 0 Å². The van der Waals surface area contributed by atoms with Gasteiger partial charge in [0.25, 0.3) is 0 Å². The molecule has 0 aromatic heterocycles. The van der Waals surface area contributed by atoms with Crippen LogP contribution in [0.4, 0.5) is 5.69 Å². The summed E-state index contributed by atoms with van der Waals surface area (Å²) in [6, 6.07) is 7.33. The molecule has 0 atom stereocenters. The predicted molar refractivity (Wildman–Crippen MR) is 68.5 cm³/mol. The lowest BCUT2D eigenvalue weighted by atomic mass is 10.3. The molecule has 0 aliphatic heterocycles. The van der Waals surface area contributed by atoms with Crippen molar-refractivity contribution in [3.8, 4) is 0 Å². The summed E-state index contributed by atoms with van der Waals surface area (Å²) in [6.45, 7) is 1.76. The molecule has 0 unspecified atom stereocenters. The van der Waals surface area contributed by atoms with Crippen molar-refractivity contribution in [2.24, 2.45) is 0 Å². The molecule has 1 aromatic carbocycles. The van der Waals surface area contributed by atoms with Crippen LogP contribution in [-0.4, -0.2) is 29.8 Å². The number of carboxylic acids is 1. The van der Waals surface area contributed by atoms with Crippen LogP contribution in [0.5, 0.6) is 0 Å². The number of aliphatic carboxylic acids is 1. The highest BCUT2D eigenvalue weighted by Crippen LogP contribution is 2.29. The van der Waals surface area contributed by atoms with Crippen LogP contribution in [0.1, 0.15) is 13.3 Å². The summed E-state index contributed by atoms with van der Waals surface area (Å²) >= 11 is 1.62. The number of carbonyl (C=O) groups is 2. The molecular formula is C12H15NO3S. The van der Waals surface area contributed by atoms with Gasteiger partial charge in [0.15, 0.2) is 0 Å². The van der Waals surface area contributed by atoms with Crippen molar-refractivity contribution in [2.75, 3.05) is 17.2 Å². The Balaban J connectivity index is 2.92. The summed E-state index contributed by atoms with van der Waals surface area (Å²) in [5.41, 5.74) is 0.656. The van der Waals surface area contributed by atoms with E-state index in [1.54, 1.807) is 23.9 Å². The number of thioether (sulfide) groups is 1. The summed E-state index contributed by atoms with van der Waals surface area (Å²) in [7, 11) is 0. The zero-order valence-electron chi connectivity index (χ0n) is 9.63. The van der Waals surface area contributed by atoms with Crippen LogP contribution in [0.25, 0.3) is 0 Å². The van der Waals surface area contributed by atoms with Gasteiger partial charge in [-0.15, -0.1) is 11.8 Å². The first-order valence-corrected chi connectivity index (χ1v) is 6.33. The molecule has 0 aliphatic rings. The van der Waals surface area contributed by atoms with Gasteiger partial charge in [-0.05, 0) is 24.3 Å². The highest BCUT2D eigenvalue weighted by atomic mass is 32.2. The quantitative estimate of drug-likeness (QED) is 0.598. The first-order chi connectivity index (χ1) is 8.19. The number of hydrogen-bond acceptors (Lipinski definition) is 3. The fraction of sp³-hybridized carbons (Fsp3) is 0.333. The van der Waals surface area contributed by atoms with Gasteiger partial charge in [0.1, 0.15) is 6.54 Å². The summed E-state index contributed by atoms with van der Waals surface area (Å²) in [4.78, 5) is 23.7. The molecule has 0 radical (unpaired) electrons. The van der Waals surface area contributed by atoms with Crippen molar-refractivity contribution < 1.29 is 14.7 Å². The zero-order chi connectivity index (χ0) is 12.7. The molecule has 0 fully saturated rings. The van der Waals surface area contributed by atoms with Crippen LogP contribution < -0.4 is 4.90 Å². The van der Waals surface area contributed by atoms with Gasteiger partial charge in [0.2, 0.25) is 6.41 Å². The van der Waals surface area contributed by atoms with Gasteiger partial charge >= 0.3 is 5.97 Å². The third kappa shape index (κ3) is 4.11. The van der Waals surface area contributed by atoms with E-state index in [0.717, 1.165) is 17.1 Å². The number of para-hydroxylation sites is 1. The van der Waals surface area contributed by atoms with Crippen LogP contribution in [0, 0.1) is 0 Å². The Labute approximate surface area is 105 Å². The molecular weight excluding hydrogens is 238 g/mol. The number of carbonyl (C=O) groups excluding carboxylic acids is 1. The Bertz CT molecular complexity index is 395. The van der Waals surface area contributed by atoms with E-state index in [1.807, 2.05) is 12.1 Å². The molecule has 0 aliphatic carbocycles. The van der Waals surface area contributed by atoms with Crippen molar-refractivity contribution >= 4 is 29.8 Å². The molecule has 92 valence electrons. The molecule has 0 heterocycles. The van der Waals surface area contributed by atoms with Crippen LogP contribution in [0.3, 0.4) is 0 Å². The van der Waals surface area contributed by atoms with E-state index in [9.17, 15) is 9.59 Å². The second kappa shape index (κ2) is 6.96. The van der Waals surface area contributed by atoms with Gasteiger partial charge in [-0.25, -0.2) is 0 Å². The maximum atomic E-state index is 10.9. The number of amides is 1. The molecule has 0 bridgehead atoms. The first kappa shape index (κ1) is 13.6. The van der Waals surface area contributed by atoms with Gasteiger partial charge in [0, 0.05) is 4.90 Å². The van der Waals surface area contributed by atoms with Crippen molar-refractivity contribution in [2.45, 2.75) is 18.2 Å². The monoisotopic (exact) mass is 253 g/mol. The molecule has 0 saturated heterocycles. The van der Waals surface area contributed by atoms with E-state index in [2.05, 4.69) is 6.92 Å². The lowest BCUT2D eigenvalue weighted by Crippen LogP contribution is -2.28. The van der Waals surface area contributed by atoms with E-state index < -0.39 is 5.97 Å². The number of carboxylic acid groups (broad SMARTS) is 1.